The van der Waals surface area contributed by atoms with Gasteiger partial charge in [0, 0.05) is 42.5 Å². The summed E-state index contributed by atoms with van der Waals surface area (Å²) in [6, 6.07) is 14.8. The van der Waals surface area contributed by atoms with Crippen molar-refractivity contribution >= 4 is 11.9 Å². The average Bonchev–Trinajstić information content (AvgIpc) is 3.37. The Morgan fingerprint density at radius 3 is 2.52 bits per heavy atom. The SMILES string of the molecule is COc1ccc(OC)c(CNC(=O)c2ccc(-c3ccnc(N4CCCC4)n3)cc2)c1. The van der Waals surface area contributed by atoms with Crippen LogP contribution in [-0.4, -0.2) is 43.2 Å². The third-order valence-electron chi connectivity index (χ3n) is 5.40. The molecule has 1 aliphatic rings. The molecule has 1 aliphatic heterocycles. The quantitative estimate of drug-likeness (QED) is 0.631. The Bertz CT molecular complexity index is 1050. The second-order valence-electron chi connectivity index (χ2n) is 7.37. The van der Waals surface area contributed by atoms with Crippen molar-refractivity contribution in [2.45, 2.75) is 19.4 Å². The highest BCUT2D eigenvalue weighted by Crippen LogP contribution is 2.24. The summed E-state index contributed by atoms with van der Waals surface area (Å²) in [5, 5.41) is 2.94. The fourth-order valence-electron chi connectivity index (χ4n) is 3.67. The second kappa shape index (κ2) is 9.47. The largest absolute Gasteiger partial charge is 0.497 e. The van der Waals surface area contributed by atoms with Gasteiger partial charge in [-0.3, -0.25) is 4.79 Å². The van der Waals surface area contributed by atoms with E-state index in [0.717, 1.165) is 35.9 Å². The summed E-state index contributed by atoms with van der Waals surface area (Å²) < 4.78 is 10.6. The van der Waals surface area contributed by atoms with E-state index in [2.05, 4.69) is 15.2 Å². The van der Waals surface area contributed by atoms with Crippen LogP contribution in [0.1, 0.15) is 28.8 Å². The molecule has 0 bridgehead atoms. The molecule has 2 aromatic carbocycles. The zero-order valence-electron chi connectivity index (χ0n) is 17.8. The fraction of sp³-hybridized carbons (Fsp3) is 0.292. The monoisotopic (exact) mass is 418 g/mol. The maximum Gasteiger partial charge on any atom is 0.251 e. The first-order valence-electron chi connectivity index (χ1n) is 10.4. The van der Waals surface area contributed by atoms with Crippen molar-refractivity contribution in [3.05, 3.63) is 65.9 Å². The lowest BCUT2D eigenvalue weighted by atomic mass is 10.1. The van der Waals surface area contributed by atoms with Gasteiger partial charge in [0.1, 0.15) is 11.5 Å². The van der Waals surface area contributed by atoms with Crippen LogP contribution in [0.3, 0.4) is 0 Å². The number of carbonyl (C=O) groups is 1. The number of hydrogen-bond donors (Lipinski definition) is 1. The molecule has 7 heteroatoms. The van der Waals surface area contributed by atoms with Crippen molar-refractivity contribution in [1.29, 1.82) is 0 Å². The molecule has 0 atom stereocenters. The molecular formula is C24H26N4O3. The molecule has 0 saturated carbocycles. The molecule has 1 fully saturated rings. The number of aromatic nitrogens is 2. The molecule has 0 spiro atoms. The first-order chi connectivity index (χ1) is 15.2. The minimum Gasteiger partial charge on any atom is -0.497 e. The third-order valence-corrected chi connectivity index (χ3v) is 5.40. The Hall–Kier alpha value is -3.61. The van der Waals surface area contributed by atoms with E-state index in [1.54, 1.807) is 20.4 Å². The van der Waals surface area contributed by atoms with Crippen LogP contribution >= 0.6 is 0 Å². The van der Waals surface area contributed by atoms with Crippen LogP contribution in [0.5, 0.6) is 11.5 Å². The van der Waals surface area contributed by atoms with E-state index in [4.69, 9.17) is 14.5 Å². The summed E-state index contributed by atoms with van der Waals surface area (Å²) >= 11 is 0. The standard InChI is InChI=1S/C24H26N4O3/c1-30-20-9-10-22(31-2)19(15-20)16-26-23(29)18-7-5-17(6-8-18)21-11-12-25-24(27-21)28-13-3-4-14-28/h5-12,15H,3-4,13-14,16H2,1-2H3,(H,26,29). The smallest absolute Gasteiger partial charge is 0.251 e. The molecule has 160 valence electrons. The second-order valence-corrected chi connectivity index (χ2v) is 7.37. The van der Waals surface area contributed by atoms with Gasteiger partial charge in [-0.1, -0.05) is 12.1 Å². The van der Waals surface area contributed by atoms with Gasteiger partial charge in [0.15, 0.2) is 0 Å². The highest BCUT2D eigenvalue weighted by atomic mass is 16.5. The Morgan fingerprint density at radius 2 is 1.81 bits per heavy atom. The van der Waals surface area contributed by atoms with Crippen LogP contribution < -0.4 is 19.7 Å². The van der Waals surface area contributed by atoms with Crippen LogP contribution in [-0.2, 0) is 6.54 Å². The summed E-state index contributed by atoms with van der Waals surface area (Å²) in [6.45, 7) is 2.34. The number of rotatable bonds is 7. The minimum absolute atomic E-state index is 0.156. The van der Waals surface area contributed by atoms with Crippen LogP contribution in [0.2, 0.25) is 0 Å². The van der Waals surface area contributed by atoms with E-state index >= 15 is 0 Å². The van der Waals surface area contributed by atoms with Gasteiger partial charge < -0.3 is 19.7 Å². The van der Waals surface area contributed by atoms with Crippen LogP contribution in [0.25, 0.3) is 11.3 Å². The van der Waals surface area contributed by atoms with Crippen LogP contribution in [0, 0.1) is 0 Å². The maximum absolute atomic E-state index is 12.6. The van der Waals surface area contributed by atoms with E-state index in [1.807, 2.05) is 48.5 Å². The van der Waals surface area contributed by atoms with E-state index in [9.17, 15) is 4.79 Å². The number of amides is 1. The Labute approximate surface area is 182 Å². The third kappa shape index (κ3) is 4.77. The highest BCUT2D eigenvalue weighted by molar-refractivity contribution is 5.94. The predicted octanol–water partition coefficient (Wildman–Crippen LogP) is 3.69. The molecule has 1 amide bonds. The Balaban J connectivity index is 1.44. The average molecular weight is 418 g/mol. The van der Waals surface area contributed by atoms with E-state index in [1.165, 1.54) is 12.8 Å². The number of nitrogens with zero attached hydrogens (tertiary/aromatic N) is 3. The van der Waals surface area contributed by atoms with Crippen LogP contribution in [0.4, 0.5) is 5.95 Å². The van der Waals surface area contributed by atoms with Gasteiger partial charge >= 0.3 is 0 Å². The summed E-state index contributed by atoms with van der Waals surface area (Å²) in [7, 11) is 3.21. The topological polar surface area (TPSA) is 76.6 Å². The summed E-state index contributed by atoms with van der Waals surface area (Å²) in [6.07, 6.45) is 4.15. The van der Waals surface area contributed by atoms with Gasteiger partial charge in [-0.2, -0.15) is 0 Å². The zero-order valence-corrected chi connectivity index (χ0v) is 17.8. The number of carbonyl (C=O) groups excluding carboxylic acids is 1. The number of benzene rings is 2. The van der Waals surface area contributed by atoms with Gasteiger partial charge in [-0.15, -0.1) is 0 Å². The molecule has 0 radical (unpaired) electrons. The van der Waals surface area contributed by atoms with Crippen molar-refractivity contribution in [2.24, 2.45) is 0 Å². The van der Waals surface area contributed by atoms with Crippen molar-refractivity contribution < 1.29 is 14.3 Å². The molecule has 0 unspecified atom stereocenters. The van der Waals surface area contributed by atoms with Crippen molar-refractivity contribution in [3.8, 4) is 22.8 Å². The lowest BCUT2D eigenvalue weighted by Crippen LogP contribution is -2.23. The molecule has 0 aliphatic carbocycles. The van der Waals surface area contributed by atoms with E-state index < -0.39 is 0 Å². The molecule has 3 aromatic rings. The summed E-state index contributed by atoms with van der Waals surface area (Å²) in [5.41, 5.74) is 3.24. The van der Waals surface area contributed by atoms with Crippen LogP contribution in [0.15, 0.2) is 54.7 Å². The predicted molar refractivity (Wildman–Crippen MR) is 120 cm³/mol. The zero-order chi connectivity index (χ0) is 21.6. The molecule has 2 heterocycles. The van der Waals surface area contributed by atoms with E-state index in [-0.39, 0.29) is 5.91 Å². The summed E-state index contributed by atoms with van der Waals surface area (Å²) in [5.74, 6) is 2.03. The maximum atomic E-state index is 12.6. The first kappa shape index (κ1) is 20.7. The summed E-state index contributed by atoms with van der Waals surface area (Å²) in [4.78, 5) is 23.9. The molecule has 7 nitrogen and oxygen atoms in total. The Kier molecular flexibility index (Phi) is 6.31. The minimum atomic E-state index is -0.156. The Morgan fingerprint density at radius 1 is 1.03 bits per heavy atom. The molecule has 4 rings (SSSR count). The van der Waals surface area contributed by atoms with Gasteiger partial charge in [-0.25, -0.2) is 9.97 Å². The molecule has 31 heavy (non-hydrogen) atoms. The molecule has 1 N–H and O–H groups in total. The highest BCUT2D eigenvalue weighted by Gasteiger charge is 2.15. The number of anilines is 1. The van der Waals surface area contributed by atoms with Gasteiger partial charge in [0.05, 0.1) is 19.9 Å². The van der Waals surface area contributed by atoms with Gasteiger partial charge in [0.2, 0.25) is 5.95 Å². The lowest BCUT2D eigenvalue weighted by Gasteiger charge is -2.15. The first-order valence-corrected chi connectivity index (χ1v) is 10.4. The number of methoxy groups -OCH3 is 2. The molecular weight excluding hydrogens is 392 g/mol. The number of ether oxygens (including phenoxy) is 2. The van der Waals surface area contributed by atoms with E-state index in [0.29, 0.717) is 23.6 Å². The van der Waals surface area contributed by atoms with Crippen molar-refractivity contribution in [1.82, 2.24) is 15.3 Å². The van der Waals surface area contributed by atoms with Crippen molar-refractivity contribution in [3.63, 3.8) is 0 Å². The fourth-order valence-corrected chi connectivity index (χ4v) is 3.67. The van der Waals surface area contributed by atoms with Gasteiger partial charge in [0.25, 0.3) is 5.91 Å². The van der Waals surface area contributed by atoms with Gasteiger partial charge in [-0.05, 0) is 49.2 Å². The number of hydrogen-bond acceptors (Lipinski definition) is 6. The molecule has 1 aromatic heterocycles. The normalized spacial score (nSPS) is 13.2. The lowest BCUT2D eigenvalue weighted by molar-refractivity contribution is 0.0950. The number of nitrogens with one attached hydrogen (secondary N) is 1. The van der Waals surface area contributed by atoms with Crippen molar-refractivity contribution in [2.75, 3.05) is 32.2 Å². The molecule has 1 saturated heterocycles.